The first-order valence-electron chi connectivity index (χ1n) is 10.0. The number of nitrogens with zero attached hydrogens (tertiary/aromatic N) is 3. The molecule has 1 saturated heterocycles. The molecule has 0 saturated carbocycles. The van der Waals surface area contributed by atoms with Gasteiger partial charge in [-0.05, 0) is 44.7 Å². The molecule has 2 amide bonds. The van der Waals surface area contributed by atoms with E-state index in [1.165, 1.54) is 6.42 Å². The first-order chi connectivity index (χ1) is 13.9. The van der Waals surface area contributed by atoms with E-state index < -0.39 is 5.92 Å². The largest absolute Gasteiger partial charge is 0.383 e. The summed E-state index contributed by atoms with van der Waals surface area (Å²) in [7, 11) is 0. The molecular formula is C21H26N6O2. The number of benzene rings is 1. The summed E-state index contributed by atoms with van der Waals surface area (Å²) < 4.78 is 0. The fourth-order valence-electron chi connectivity index (χ4n) is 4.02. The summed E-state index contributed by atoms with van der Waals surface area (Å²) in [6.07, 6.45) is 3.36. The van der Waals surface area contributed by atoms with E-state index in [0.717, 1.165) is 42.7 Å². The number of carbonyl (C=O) groups is 2. The molecule has 0 spiro atoms. The van der Waals surface area contributed by atoms with Gasteiger partial charge in [0.25, 0.3) is 0 Å². The Labute approximate surface area is 169 Å². The van der Waals surface area contributed by atoms with Gasteiger partial charge in [0.1, 0.15) is 11.6 Å². The van der Waals surface area contributed by atoms with Crippen molar-refractivity contribution in [2.75, 3.05) is 34.4 Å². The first-order valence-corrected chi connectivity index (χ1v) is 10.0. The molecule has 2 aromatic rings. The highest BCUT2D eigenvalue weighted by Crippen LogP contribution is 2.37. The highest BCUT2D eigenvalue weighted by molar-refractivity contribution is 6.05. The van der Waals surface area contributed by atoms with Crippen molar-refractivity contribution in [2.45, 2.75) is 45.4 Å². The zero-order chi connectivity index (χ0) is 20.5. The zero-order valence-corrected chi connectivity index (χ0v) is 16.8. The molecule has 1 aromatic carbocycles. The zero-order valence-electron chi connectivity index (χ0n) is 16.8. The topological polar surface area (TPSA) is 113 Å². The van der Waals surface area contributed by atoms with Crippen molar-refractivity contribution in [1.82, 2.24) is 9.97 Å². The summed E-state index contributed by atoms with van der Waals surface area (Å²) in [6, 6.07) is 5.80. The van der Waals surface area contributed by atoms with E-state index in [4.69, 9.17) is 5.73 Å². The highest BCUT2D eigenvalue weighted by Gasteiger charge is 2.35. The lowest BCUT2D eigenvalue weighted by Gasteiger charge is -2.30. The molecule has 8 heteroatoms. The predicted octanol–water partition coefficient (Wildman–Crippen LogP) is 2.73. The van der Waals surface area contributed by atoms with Gasteiger partial charge in [-0.15, -0.1) is 0 Å². The molecule has 3 heterocycles. The van der Waals surface area contributed by atoms with Gasteiger partial charge in [0, 0.05) is 25.2 Å². The average Bonchev–Trinajstić information content (AvgIpc) is 2.69. The van der Waals surface area contributed by atoms with E-state index in [-0.39, 0.29) is 24.1 Å². The van der Waals surface area contributed by atoms with E-state index >= 15 is 0 Å². The number of hydrogen-bond acceptors (Lipinski definition) is 6. The molecule has 2 aliphatic rings. The lowest BCUT2D eigenvalue weighted by Crippen LogP contribution is -2.35. The third kappa shape index (κ3) is 3.87. The van der Waals surface area contributed by atoms with Crippen LogP contribution in [0.15, 0.2) is 18.2 Å². The fraction of sp³-hybridized carbons (Fsp3) is 0.429. The molecule has 1 aromatic heterocycles. The Morgan fingerprint density at radius 1 is 1.21 bits per heavy atom. The number of anilines is 4. The number of amides is 2. The molecule has 0 bridgehead atoms. The quantitative estimate of drug-likeness (QED) is 0.738. The Morgan fingerprint density at radius 3 is 2.69 bits per heavy atom. The van der Waals surface area contributed by atoms with Crippen LogP contribution in [0.4, 0.5) is 23.3 Å². The van der Waals surface area contributed by atoms with Crippen LogP contribution in [0, 0.1) is 13.8 Å². The number of aromatic nitrogens is 2. The average molecular weight is 394 g/mol. The molecule has 4 rings (SSSR count). The summed E-state index contributed by atoms with van der Waals surface area (Å²) in [5.41, 5.74) is 9.55. The van der Waals surface area contributed by atoms with Crippen molar-refractivity contribution in [3.05, 3.63) is 34.9 Å². The number of carbonyl (C=O) groups excluding carboxylic acids is 2. The van der Waals surface area contributed by atoms with Gasteiger partial charge in [-0.3, -0.25) is 9.59 Å². The maximum Gasteiger partial charge on any atom is 0.232 e. The molecule has 29 heavy (non-hydrogen) atoms. The van der Waals surface area contributed by atoms with Crippen LogP contribution < -0.4 is 21.3 Å². The van der Waals surface area contributed by atoms with Gasteiger partial charge in [-0.2, -0.15) is 9.97 Å². The lowest BCUT2D eigenvalue weighted by atomic mass is 9.91. The Bertz CT molecular complexity index is 968. The number of rotatable bonds is 3. The van der Waals surface area contributed by atoms with Crippen molar-refractivity contribution in [3.63, 3.8) is 0 Å². The van der Waals surface area contributed by atoms with Crippen LogP contribution in [0.2, 0.25) is 0 Å². The molecule has 4 N–H and O–H groups in total. The van der Waals surface area contributed by atoms with Crippen LogP contribution >= 0.6 is 0 Å². The smallest absolute Gasteiger partial charge is 0.232 e. The van der Waals surface area contributed by atoms with E-state index in [9.17, 15) is 9.59 Å². The minimum Gasteiger partial charge on any atom is -0.383 e. The van der Waals surface area contributed by atoms with Crippen molar-refractivity contribution in [3.8, 4) is 0 Å². The summed E-state index contributed by atoms with van der Waals surface area (Å²) in [4.78, 5) is 36.4. The minimum absolute atomic E-state index is 0.0142. The van der Waals surface area contributed by atoms with E-state index in [1.807, 2.05) is 32.0 Å². The second kappa shape index (κ2) is 7.69. The lowest BCUT2D eigenvalue weighted by molar-refractivity contribution is -0.123. The van der Waals surface area contributed by atoms with Gasteiger partial charge in [0.05, 0.1) is 11.5 Å². The van der Waals surface area contributed by atoms with Crippen molar-refractivity contribution in [1.29, 1.82) is 0 Å². The molecule has 0 unspecified atom stereocenters. The van der Waals surface area contributed by atoms with E-state index in [2.05, 4.69) is 25.5 Å². The van der Waals surface area contributed by atoms with Crippen LogP contribution in [0.25, 0.3) is 0 Å². The molecule has 1 atom stereocenters. The normalized spacial score (nSPS) is 18.8. The fourth-order valence-corrected chi connectivity index (χ4v) is 4.02. The second-order valence-electron chi connectivity index (χ2n) is 7.83. The van der Waals surface area contributed by atoms with Crippen LogP contribution in [0.5, 0.6) is 0 Å². The van der Waals surface area contributed by atoms with Crippen LogP contribution in [0.3, 0.4) is 0 Å². The number of fused-ring (bicyclic) bond motifs is 1. The number of piperidine rings is 1. The molecular weight excluding hydrogens is 368 g/mol. The summed E-state index contributed by atoms with van der Waals surface area (Å²) >= 11 is 0. The molecule has 0 radical (unpaired) electrons. The SMILES string of the molecule is Cc1ccc(NC(=O)[C@H]2CC(=O)Nc3nc(N4CCCCC4)nc(N)c32)c(C)c1. The van der Waals surface area contributed by atoms with E-state index in [0.29, 0.717) is 17.3 Å². The molecule has 1 fully saturated rings. The predicted molar refractivity (Wildman–Crippen MR) is 113 cm³/mol. The van der Waals surface area contributed by atoms with Gasteiger partial charge in [0.15, 0.2) is 0 Å². The van der Waals surface area contributed by atoms with Gasteiger partial charge < -0.3 is 21.3 Å². The standard InChI is InChI=1S/C21H26N6O2/c1-12-6-7-15(13(2)10-12)23-20(29)14-11-16(28)24-19-17(14)18(22)25-21(26-19)27-8-4-3-5-9-27/h6-7,10,14H,3-5,8-9,11H2,1-2H3,(H,23,29)(H3,22,24,25,26,28)/t14-/m0/s1. The number of nitrogens with one attached hydrogen (secondary N) is 2. The highest BCUT2D eigenvalue weighted by atomic mass is 16.2. The molecule has 8 nitrogen and oxygen atoms in total. The third-order valence-electron chi connectivity index (χ3n) is 5.55. The molecule has 2 aliphatic heterocycles. The Morgan fingerprint density at radius 2 is 1.97 bits per heavy atom. The summed E-state index contributed by atoms with van der Waals surface area (Å²) in [5.74, 6) is -0.159. The van der Waals surface area contributed by atoms with Crippen LogP contribution in [0.1, 0.15) is 48.3 Å². The number of nitrogens with two attached hydrogens (primary N) is 1. The van der Waals surface area contributed by atoms with Crippen LogP contribution in [-0.2, 0) is 9.59 Å². The number of aryl methyl sites for hydroxylation is 2. The second-order valence-corrected chi connectivity index (χ2v) is 7.83. The molecule has 0 aliphatic carbocycles. The van der Waals surface area contributed by atoms with E-state index in [1.54, 1.807) is 0 Å². The van der Waals surface area contributed by atoms with Crippen LogP contribution in [-0.4, -0.2) is 34.9 Å². The monoisotopic (exact) mass is 394 g/mol. The Hall–Kier alpha value is -3.16. The Balaban J connectivity index is 1.64. The maximum atomic E-state index is 13.0. The van der Waals surface area contributed by atoms with Gasteiger partial charge in [-0.1, -0.05) is 17.7 Å². The summed E-state index contributed by atoms with van der Waals surface area (Å²) in [5, 5.41) is 5.70. The number of nitrogen functional groups attached to an aromatic ring is 1. The first kappa shape index (κ1) is 19.2. The van der Waals surface area contributed by atoms with Gasteiger partial charge in [-0.25, -0.2) is 0 Å². The third-order valence-corrected chi connectivity index (χ3v) is 5.55. The van der Waals surface area contributed by atoms with Gasteiger partial charge in [0.2, 0.25) is 17.8 Å². The minimum atomic E-state index is -0.727. The van der Waals surface area contributed by atoms with Crippen molar-refractivity contribution >= 4 is 35.1 Å². The molecule has 152 valence electrons. The Kier molecular flexibility index (Phi) is 5.08. The van der Waals surface area contributed by atoms with Crippen molar-refractivity contribution in [2.24, 2.45) is 0 Å². The van der Waals surface area contributed by atoms with Gasteiger partial charge >= 0.3 is 0 Å². The maximum absolute atomic E-state index is 13.0. The van der Waals surface area contributed by atoms with Crippen molar-refractivity contribution < 1.29 is 9.59 Å². The summed E-state index contributed by atoms with van der Waals surface area (Å²) in [6.45, 7) is 5.66. The number of hydrogen-bond donors (Lipinski definition) is 3.